The highest BCUT2D eigenvalue weighted by Gasteiger charge is 2.15. The number of hydrogen-bond acceptors (Lipinski definition) is 5. The summed E-state index contributed by atoms with van der Waals surface area (Å²) in [5.74, 6) is -0.0293. The van der Waals surface area contributed by atoms with Crippen molar-refractivity contribution in [3.05, 3.63) is 27.9 Å². The Morgan fingerprint density at radius 3 is 2.93 bits per heavy atom. The van der Waals surface area contributed by atoms with E-state index in [0.29, 0.717) is 10.2 Å². The fourth-order valence-corrected chi connectivity index (χ4v) is 2.39. The second kappa shape index (κ2) is 3.65. The first-order valence-corrected chi connectivity index (χ1v) is 5.18. The van der Waals surface area contributed by atoms with E-state index in [0.717, 1.165) is 15.9 Å². The van der Waals surface area contributed by atoms with Gasteiger partial charge in [-0.15, -0.1) is 0 Å². The summed E-state index contributed by atoms with van der Waals surface area (Å²) < 4.78 is 1.74. The lowest BCUT2D eigenvalue weighted by Crippen LogP contribution is -2.25. The van der Waals surface area contributed by atoms with Crippen molar-refractivity contribution in [1.82, 2.24) is 4.57 Å². The van der Waals surface area contributed by atoms with E-state index in [9.17, 15) is 15.0 Å². The van der Waals surface area contributed by atoms with E-state index in [1.165, 1.54) is 6.07 Å². The van der Waals surface area contributed by atoms with Gasteiger partial charge in [0.05, 0.1) is 4.70 Å². The molecule has 2 rings (SSSR count). The third-order valence-electron chi connectivity index (χ3n) is 2.12. The number of nitrogens with zero attached hydrogens (tertiary/aromatic N) is 1. The lowest BCUT2D eigenvalue weighted by molar-refractivity contribution is 0.115. The van der Waals surface area contributed by atoms with Crippen LogP contribution < -0.4 is 10.6 Å². The molecule has 1 aromatic carbocycles. The molecule has 0 aliphatic heterocycles. The first kappa shape index (κ1) is 10.2. The van der Waals surface area contributed by atoms with Crippen LogP contribution in [0.15, 0.2) is 23.0 Å². The second-order valence-electron chi connectivity index (χ2n) is 3.08. The lowest BCUT2D eigenvalue weighted by atomic mass is 10.3. The van der Waals surface area contributed by atoms with Gasteiger partial charge in [-0.3, -0.25) is 9.36 Å². The van der Waals surface area contributed by atoms with Crippen molar-refractivity contribution < 1.29 is 10.2 Å². The molecule has 0 aliphatic carbocycles. The third-order valence-corrected chi connectivity index (χ3v) is 3.04. The zero-order valence-electron chi connectivity index (χ0n) is 7.75. The van der Waals surface area contributed by atoms with E-state index in [1.807, 2.05) is 0 Å². The Hall–Kier alpha value is -1.37. The molecule has 0 fully saturated rings. The largest absolute Gasteiger partial charge is 0.506 e. The molecule has 0 radical (unpaired) electrons. The van der Waals surface area contributed by atoms with Gasteiger partial charge in [0, 0.05) is 6.54 Å². The van der Waals surface area contributed by atoms with E-state index in [4.69, 9.17) is 5.73 Å². The molecule has 0 amide bonds. The molecule has 2 aromatic rings. The van der Waals surface area contributed by atoms with Crippen molar-refractivity contribution >= 4 is 21.6 Å². The Bertz CT molecular complexity index is 546. The molecule has 1 atom stereocenters. The maximum Gasteiger partial charge on any atom is 0.310 e. The maximum absolute atomic E-state index is 11.5. The summed E-state index contributed by atoms with van der Waals surface area (Å²) >= 11 is 0.968. The van der Waals surface area contributed by atoms with Crippen LogP contribution >= 0.6 is 11.3 Å². The fourth-order valence-electron chi connectivity index (χ4n) is 1.45. The predicted molar refractivity (Wildman–Crippen MR) is 58.1 cm³/mol. The normalized spacial score (nSPS) is 13.2. The zero-order valence-corrected chi connectivity index (χ0v) is 8.57. The number of aliphatic hydroxyl groups is 1. The molecule has 80 valence electrons. The van der Waals surface area contributed by atoms with E-state index in [-0.39, 0.29) is 17.2 Å². The molecule has 0 aliphatic rings. The highest BCUT2D eigenvalue weighted by Crippen LogP contribution is 2.27. The number of benzene rings is 1. The molecule has 0 spiro atoms. The smallest absolute Gasteiger partial charge is 0.310 e. The summed E-state index contributed by atoms with van der Waals surface area (Å²) in [5.41, 5.74) is 5.62. The van der Waals surface area contributed by atoms with Gasteiger partial charge in [-0.25, -0.2) is 0 Å². The summed E-state index contributed by atoms with van der Waals surface area (Å²) in [5, 5.41) is 19.2. The molecule has 0 bridgehead atoms. The number of fused-ring (bicyclic) bond motifs is 1. The molecule has 0 saturated heterocycles. The van der Waals surface area contributed by atoms with Gasteiger partial charge in [0.25, 0.3) is 0 Å². The molecule has 4 N–H and O–H groups in total. The van der Waals surface area contributed by atoms with Crippen LogP contribution in [0.25, 0.3) is 10.2 Å². The molecule has 1 unspecified atom stereocenters. The predicted octanol–water partition coefficient (Wildman–Crippen LogP) is 0.218. The monoisotopic (exact) mass is 226 g/mol. The number of rotatable bonds is 2. The molecule has 15 heavy (non-hydrogen) atoms. The van der Waals surface area contributed by atoms with Crippen molar-refractivity contribution in [3.8, 4) is 5.75 Å². The Morgan fingerprint density at radius 1 is 1.53 bits per heavy atom. The second-order valence-corrected chi connectivity index (χ2v) is 4.07. The molecular formula is C9H10N2O3S. The SMILES string of the molecule is NCC(O)n1c(=O)sc2cccc(O)c21. The first-order valence-electron chi connectivity index (χ1n) is 4.36. The summed E-state index contributed by atoms with van der Waals surface area (Å²) in [6, 6.07) is 4.82. The summed E-state index contributed by atoms with van der Waals surface area (Å²) in [4.78, 5) is 11.2. The van der Waals surface area contributed by atoms with Crippen LogP contribution in [0.1, 0.15) is 6.23 Å². The Balaban J connectivity index is 2.82. The third kappa shape index (κ3) is 1.52. The van der Waals surface area contributed by atoms with Gasteiger partial charge < -0.3 is 15.9 Å². The highest BCUT2D eigenvalue weighted by atomic mass is 32.1. The molecule has 5 nitrogen and oxygen atoms in total. The van der Waals surface area contributed by atoms with Gasteiger partial charge in [-0.05, 0) is 12.1 Å². The fraction of sp³-hybridized carbons (Fsp3) is 0.222. The van der Waals surface area contributed by atoms with Crippen molar-refractivity contribution in [1.29, 1.82) is 0 Å². The Morgan fingerprint density at radius 2 is 2.27 bits per heavy atom. The number of phenolic OH excluding ortho intramolecular Hbond substituents is 1. The number of thiazole rings is 1. The van der Waals surface area contributed by atoms with Crippen LogP contribution in [0.2, 0.25) is 0 Å². The van der Waals surface area contributed by atoms with Crippen LogP contribution in [-0.4, -0.2) is 21.3 Å². The molecule has 1 aromatic heterocycles. The van der Waals surface area contributed by atoms with E-state index in [2.05, 4.69) is 0 Å². The van der Waals surface area contributed by atoms with Crippen molar-refractivity contribution in [3.63, 3.8) is 0 Å². The molecular weight excluding hydrogens is 216 g/mol. The standard InChI is InChI=1S/C9H10N2O3S/c10-4-7(13)11-8-5(12)2-1-3-6(8)15-9(11)14/h1-3,7,12-13H,4,10H2. The van der Waals surface area contributed by atoms with Crippen LogP contribution in [0.4, 0.5) is 0 Å². The van der Waals surface area contributed by atoms with Gasteiger partial charge >= 0.3 is 4.87 Å². The highest BCUT2D eigenvalue weighted by molar-refractivity contribution is 7.16. The van der Waals surface area contributed by atoms with E-state index < -0.39 is 6.23 Å². The van der Waals surface area contributed by atoms with Gasteiger partial charge in [0.2, 0.25) is 0 Å². The number of aliphatic hydroxyl groups excluding tert-OH is 1. The van der Waals surface area contributed by atoms with Crippen LogP contribution in [0.3, 0.4) is 0 Å². The van der Waals surface area contributed by atoms with Crippen LogP contribution in [0, 0.1) is 0 Å². The van der Waals surface area contributed by atoms with Gasteiger partial charge in [0.15, 0.2) is 0 Å². The molecule has 0 saturated carbocycles. The topological polar surface area (TPSA) is 88.5 Å². The zero-order chi connectivity index (χ0) is 11.0. The minimum atomic E-state index is -1.10. The number of aromatic nitrogens is 1. The lowest BCUT2D eigenvalue weighted by Gasteiger charge is -2.10. The quantitative estimate of drug-likeness (QED) is 0.683. The van der Waals surface area contributed by atoms with Crippen LogP contribution in [0.5, 0.6) is 5.75 Å². The molecule has 6 heteroatoms. The molecule has 1 heterocycles. The average molecular weight is 226 g/mol. The Labute approximate surface area is 89.0 Å². The van der Waals surface area contributed by atoms with Gasteiger partial charge in [0.1, 0.15) is 17.5 Å². The van der Waals surface area contributed by atoms with Crippen molar-refractivity contribution in [2.24, 2.45) is 5.73 Å². The maximum atomic E-state index is 11.5. The number of hydrogen-bond donors (Lipinski definition) is 3. The minimum Gasteiger partial charge on any atom is -0.506 e. The van der Waals surface area contributed by atoms with Crippen LogP contribution in [-0.2, 0) is 0 Å². The van der Waals surface area contributed by atoms with Crippen molar-refractivity contribution in [2.75, 3.05) is 6.54 Å². The number of para-hydroxylation sites is 1. The minimum absolute atomic E-state index is 0.0293. The number of nitrogens with two attached hydrogens (primary N) is 1. The van der Waals surface area contributed by atoms with Crippen molar-refractivity contribution in [2.45, 2.75) is 6.23 Å². The average Bonchev–Trinajstić information content (AvgIpc) is 2.55. The summed E-state index contributed by atoms with van der Waals surface area (Å²) in [6.07, 6.45) is -1.10. The summed E-state index contributed by atoms with van der Waals surface area (Å²) in [6.45, 7) is -0.0694. The number of phenols is 1. The summed E-state index contributed by atoms with van der Waals surface area (Å²) in [7, 11) is 0. The van der Waals surface area contributed by atoms with Gasteiger partial charge in [-0.2, -0.15) is 0 Å². The van der Waals surface area contributed by atoms with E-state index in [1.54, 1.807) is 12.1 Å². The Kier molecular flexibility index (Phi) is 2.47. The van der Waals surface area contributed by atoms with E-state index >= 15 is 0 Å². The van der Waals surface area contributed by atoms with Gasteiger partial charge in [-0.1, -0.05) is 17.4 Å². The first-order chi connectivity index (χ1) is 7.15. The number of aromatic hydroxyl groups is 1.